The molecule has 80 valence electrons. The zero-order valence-corrected chi connectivity index (χ0v) is 9.33. The van der Waals surface area contributed by atoms with Crippen LogP contribution in [0, 0.1) is 6.92 Å². The minimum Gasteiger partial charge on any atom is -0.397 e. The normalized spacial score (nSPS) is 16.4. The van der Waals surface area contributed by atoms with Crippen LogP contribution in [0.1, 0.15) is 19.0 Å². The Balaban J connectivity index is 2.23. The van der Waals surface area contributed by atoms with Gasteiger partial charge in [0.15, 0.2) is 0 Å². The van der Waals surface area contributed by atoms with Crippen molar-refractivity contribution in [1.29, 1.82) is 0 Å². The molecule has 0 aliphatic carbocycles. The van der Waals surface area contributed by atoms with E-state index in [0.717, 1.165) is 36.7 Å². The molecule has 0 radical (unpaired) electrons. The highest BCUT2D eigenvalue weighted by Gasteiger charge is 2.12. The lowest BCUT2D eigenvalue weighted by Crippen LogP contribution is -2.30. The maximum atomic E-state index is 5.75. The molecule has 0 bridgehead atoms. The van der Waals surface area contributed by atoms with Gasteiger partial charge in [0.05, 0.1) is 11.4 Å². The van der Waals surface area contributed by atoms with Gasteiger partial charge in [-0.3, -0.25) is 0 Å². The molecular formula is C12H17N3. The molecule has 3 nitrogen and oxygen atoms in total. The number of hydrogen-bond acceptors (Lipinski definition) is 3. The molecule has 2 heterocycles. The summed E-state index contributed by atoms with van der Waals surface area (Å²) in [6, 6.07) is 3.94. The second-order valence-corrected chi connectivity index (χ2v) is 4.10. The summed E-state index contributed by atoms with van der Waals surface area (Å²) in [4.78, 5) is 6.80. The zero-order valence-electron chi connectivity index (χ0n) is 9.33. The smallest absolute Gasteiger partial charge is 0.129 e. The summed E-state index contributed by atoms with van der Waals surface area (Å²) in [6.45, 7) is 6.14. The molecule has 0 saturated carbocycles. The van der Waals surface area contributed by atoms with E-state index in [0.29, 0.717) is 0 Å². The Kier molecular flexibility index (Phi) is 2.62. The second-order valence-electron chi connectivity index (χ2n) is 4.10. The van der Waals surface area contributed by atoms with Crippen molar-refractivity contribution >= 4 is 11.5 Å². The molecule has 3 heteroatoms. The molecule has 1 aliphatic rings. The van der Waals surface area contributed by atoms with Crippen molar-refractivity contribution in [2.24, 2.45) is 0 Å². The van der Waals surface area contributed by atoms with Crippen LogP contribution in [-0.4, -0.2) is 18.1 Å². The minimum atomic E-state index is 0.767. The summed E-state index contributed by atoms with van der Waals surface area (Å²) in [5.41, 5.74) is 8.85. The van der Waals surface area contributed by atoms with Crippen molar-refractivity contribution in [3.63, 3.8) is 0 Å². The lowest BCUT2D eigenvalue weighted by molar-refractivity contribution is 0.776. The van der Waals surface area contributed by atoms with Crippen molar-refractivity contribution in [2.45, 2.75) is 20.3 Å². The Hall–Kier alpha value is -1.51. The number of nitrogens with two attached hydrogens (primary N) is 1. The standard InChI is InChI=1S/C12H17N3/c1-9-4-3-7-15(8-9)12-6-5-11(13)10(2)14-12/h4-6H,3,7-8,13H2,1-2H3. The number of hydrogen-bond donors (Lipinski definition) is 1. The summed E-state index contributed by atoms with van der Waals surface area (Å²) in [7, 11) is 0. The van der Waals surface area contributed by atoms with Gasteiger partial charge in [-0.15, -0.1) is 0 Å². The molecule has 0 spiro atoms. The largest absolute Gasteiger partial charge is 0.397 e. The fourth-order valence-electron chi connectivity index (χ4n) is 1.84. The van der Waals surface area contributed by atoms with Crippen molar-refractivity contribution < 1.29 is 0 Å². The van der Waals surface area contributed by atoms with E-state index in [9.17, 15) is 0 Å². The third kappa shape index (κ3) is 2.12. The Bertz CT molecular complexity index is 396. The number of nitrogens with zero attached hydrogens (tertiary/aromatic N) is 2. The fraction of sp³-hybridized carbons (Fsp3) is 0.417. The molecule has 0 amide bonds. The average molecular weight is 203 g/mol. The van der Waals surface area contributed by atoms with Crippen LogP contribution in [0.2, 0.25) is 0 Å². The van der Waals surface area contributed by atoms with E-state index in [1.165, 1.54) is 5.57 Å². The first-order chi connectivity index (χ1) is 7.16. The molecule has 0 atom stereocenters. The summed E-state index contributed by atoms with van der Waals surface area (Å²) in [5, 5.41) is 0. The van der Waals surface area contributed by atoms with Crippen molar-refractivity contribution in [1.82, 2.24) is 4.98 Å². The van der Waals surface area contributed by atoms with Crippen LogP contribution in [0.3, 0.4) is 0 Å². The molecule has 2 rings (SSSR count). The van der Waals surface area contributed by atoms with Gasteiger partial charge in [-0.25, -0.2) is 4.98 Å². The maximum absolute atomic E-state index is 5.75. The number of pyridine rings is 1. The van der Waals surface area contributed by atoms with E-state index >= 15 is 0 Å². The van der Waals surface area contributed by atoms with E-state index in [4.69, 9.17) is 5.73 Å². The Morgan fingerprint density at radius 2 is 2.13 bits per heavy atom. The van der Waals surface area contributed by atoms with Gasteiger partial charge < -0.3 is 10.6 Å². The molecule has 0 saturated heterocycles. The lowest BCUT2D eigenvalue weighted by Gasteiger charge is -2.27. The van der Waals surface area contributed by atoms with E-state index in [1.807, 2.05) is 19.1 Å². The highest BCUT2D eigenvalue weighted by molar-refractivity contribution is 5.51. The topological polar surface area (TPSA) is 42.1 Å². The SMILES string of the molecule is CC1=CCCN(c2ccc(N)c(C)n2)C1. The fourth-order valence-corrected chi connectivity index (χ4v) is 1.84. The monoisotopic (exact) mass is 203 g/mol. The molecule has 1 aromatic heterocycles. The third-order valence-corrected chi connectivity index (χ3v) is 2.77. The summed E-state index contributed by atoms with van der Waals surface area (Å²) in [6.07, 6.45) is 3.40. The van der Waals surface area contributed by atoms with Gasteiger partial charge in [0, 0.05) is 13.1 Å². The van der Waals surface area contributed by atoms with E-state index in [2.05, 4.69) is 22.9 Å². The Morgan fingerprint density at radius 1 is 1.33 bits per heavy atom. The van der Waals surface area contributed by atoms with Gasteiger partial charge in [0.2, 0.25) is 0 Å². The molecular weight excluding hydrogens is 186 g/mol. The Labute approximate surface area is 90.6 Å². The van der Waals surface area contributed by atoms with Crippen LogP contribution in [0.25, 0.3) is 0 Å². The highest BCUT2D eigenvalue weighted by Crippen LogP contribution is 2.19. The van der Waals surface area contributed by atoms with Crippen molar-refractivity contribution in [2.75, 3.05) is 23.7 Å². The number of aryl methyl sites for hydroxylation is 1. The molecule has 1 aromatic rings. The molecule has 2 N–H and O–H groups in total. The van der Waals surface area contributed by atoms with Crippen molar-refractivity contribution in [3.8, 4) is 0 Å². The average Bonchev–Trinajstić information content (AvgIpc) is 2.22. The van der Waals surface area contributed by atoms with Gasteiger partial charge >= 0.3 is 0 Å². The predicted octanol–water partition coefficient (Wildman–Crippen LogP) is 2.13. The van der Waals surface area contributed by atoms with Gasteiger partial charge in [0.1, 0.15) is 5.82 Å². The van der Waals surface area contributed by atoms with Gasteiger partial charge in [-0.1, -0.05) is 11.6 Å². The molecule has 0 aromatic carbocycles. The molecule has 15 heavy (non-hydrogen) atoms. The third-order valence-electron chi connectivity index (χ3n) is 2.77. The van der Waals surface area contributed by atoms with E-state index in [-0.39, 0.29) is 0 Å². The number of rotatable bonds is 1. The van der Waals surface area contributed by atoms with Crippen LogP contribution in [-0.2, 0) is 0 Å². The van der Waals surface area contributed by atoms with Crippen LogP contribution >= 0.6 is 0 Å². The lowest BCUT2D eigenvalue weighted by atomic mass is 10.1. The van der Waals surface area contributed by atoms with Gasteiger partial charge in [-0.05, 0) is 32.4 Å². The van der Waals surface area contributed by atoms with Crippen LogP contribution in [0.15, 0.2) is 23.8 Å². The number of anilines is 2. The van der Waals surface area contributed by atoms with Crippen LogP contribution in [0.5, 0.6) is 0 Å². The first-order valence-corrected chi connectivity index (χ1v) is 5.30. The highest BCUT2D eigenvalue weighted by atomic mass is 15.2. The minimum absolute atomic E-state index is 0.767. The van der Waals surface area contributed by atoms with Crippen LogP contribution < -0.4 is 10.6 Å². The first kappa shape index (κ1) is 10.0. The van der Waals surface area contributed by atoms with Gasteiger partial charge in [-0.2, -0.15) is 0 Å². The van der Waals surface area contributed by atoms with Crippen molar-refractivity contribution in [3.05, 3.63) is 29.5 Å². The quantitative estimate of drug-likeness (QED) is 0.711. The molecule has 0 unspecified atom stereocenters. The maximum Gasteiger partial charge on any atom is 0.129 e. The summed E-state index contributed by atoms with van der Waals surface area (Å²) >= 11 is 0. The van der Waals surface area contributed by atoms with E-state index in [1.54, 1.807) is 0 Å². The molecule has 1 aliphatic heterocycles. The zero-order chi connectivity index (χ0) is 10.8. The summed E-state index contributed by atoms with van der Waals surface area (Å²) < 4.78 is 0. The second kappa shape index (κ2) is 3.93. The molecule has 0 fully saturated rings. The van der Waals surface area contributed by atoms with Crippen LogP contribution in [0.4, 0.5) is 11.5 Å². The summed E-state index contributed by atoms with van der Waals surface area (Å²) in [5.74, 6) is 1.04. The predicted molar refractivity (Wildman–Crippen MR) is 64.0 cm³/mol. The number of aromatic nitrogens is 1. The van der Waals surface area contributed by atoms with Gasteiger partial charge in [0.25, 0.3) is 0 Å². The number of nitrogen functional groups attached to an aromatic ring is 1. The van der Waals surface area contributed by atoms with E-state index < -0.39 is 0 Å². The first-order valence-electron chi connectivity index (χ1n) is 5.30. The Morgan fingerprint density at radius 3 is 2.80 bits per heavy atom.